The van der Waals surface area contributed by atoms with Crippen molar-refractivity contribution in [1.82, 2.24) is 4.98 Å². The fourth-order valence-corrected chi connectivity index (χ4v) is 2.20. The van der Waals surface area contributed by atoms with Gasteiger partial charge in [-0.2, -0.15) is 0 Å². The van der Waals surface area contributed by atoms with Crippen LogP contribution in [0.4, 0.5) is 0 Å². The van der Waals surface area contributed by atoms with Gasteiger partial charge < -0.3 is 5.11 Å². The molecular formula is C15H19NO. The SMILES string of the molecule is CC(C)CC(O)Cc1nccc2ccccc12. The van der Waals surface area contributed by atoms with E-state index in [1.165, 1.54) is 5.39 Å². The molecule has 1 aromatic carbocycles. The number of fused-ring (bicyclic) bond motifs is 1. The van der Waals surface area contributed by atoms with Crippen LogP contribution >= 0.6 is 0 Å². The Morgan fingerprint density at radius 3 is 2.71 bits per heavy atom. The van der Waals surface area contributed by atoms with Crippen LogP contribution in [-0.2, 0) is 6.42 Å². The zero-order valence-electron chi connectivity index (χ0n) is 10.4. The quantitative estimate of drug-likeness (QED) is 0.873. The third kappa shape index (κ3) is 3.04. The summed E-state index contributed by atoms with van der Waals surface area (Å²) < 4.78 is 0. The van der Waals surface area contributed by atoms with Crippen LogP contribution in [0.2, 0.25) is 0 Å². The van der Waals surface area contributed by atoms with Gasteiger partial charge in [0.2, 0.25) is 0 Å². The monoisotopic (exact) mass is 229 g/mol. The molecule has 0 aliphatic heterocycles. The molecule has 0 saturated heterocycles. The molecule has 2 rings (SSSR count). The molecule has 1 unspecified atom stereocenters. The van der Waals surface area contributed by atoms with Gasteiger partial charge in [-0.15, -0.1) is 0 Å². The van der Waals surface area contributed by atoms with E-state index < -0.39 is 0 Å². The molecule has 1 N–H and O–H groups in total. The van der Waals surface area contributed by atoms with Crippen LogP contribution in [0, 0.1) is 5.92 Å². The third-order valence-corrected chi connectivity index (χ3v) is 2.93. The number of rotatable bonds is 4. The van der Waals surface area contributed by atoms with Crippen LogP contribution < -0.4 is 0 Å². The second kappa shape index (κ2) is 5.28. The van der Waals surface area contributed by atoms with E-state index in [0.717, 1.165) is 17.5 Å². The summed E-state index contributed by atoms with van der Waals surface area (Å²) in [6.45, 7) is 4.25. The Morgan fingerprint density at radius 2 is 1.94 bits per heavy atom. The molecule has 2 heteroatoms. The molecule has 0 amide bonds. The summed E-state index contributed by atoms with van der Waals surface area (Å²) in [4.78, 5) is 4.39. The first-order chi connectivity index (χ1) is 8.16. The van der Waals surface area contributed by atoms with Gasteiger partial charge in [-0.1, -0.05) is 38.1 Å². The highest BCUT2D eigenvalue weighted by molar-refractivity contribution is 5.84. The fraction of sp³-hybridized carbons (Fsp3) is 0.400. The number of hydrogen-bond acceptors (Lipinski definition) is 2. The van der Waals surface area contributed by atoms with Crippen LogP contribution in [0.25, 0.3) is 10.8 Å². The van der Waals surface area contributed by atoms with Gasteiger partial charge in [-0.05, 0) is 23.8 Å². The maximum Gasteiger partial charge on any atom is 0.0598 e. The molecule has 0 aliphatic rings. The van der Waals surface area contributed by atoms with Crippen molar-refractivity contribution in [3.05, 3.63) is 42.2 Å². The average Bonchev–Trinajstić information content (AvgIpc) is 2.28. The normalized spacial score (nSPS) is 13.2. The largest absolute Gasteiger partial charge is 0.393 e. The van der Waals surface area contributed by atoms with Gasteiger partial charge >= 0.3 is 0 Å². The molecule has 17 heavy (non-hydrogen) atoms. The standard InChI is InChI=1S/C15H19NO/c1-11(2)9-13(17)10-15-14-6-4-3-5-12(14)7-8-16-15/h3-8,11,13,17H,9-10H2,1-2H3. The summed E-state index contributed by atoms with van der Waals surface area (Å²) in [5.41, 5.74) is 0.997. The van der Waals surface area contributed by atoms with Crippen molar-refractivity contribution in [2.24, 2.45) is 5.92 Å². The van der Waals surface area contributed by atoms with Gasteiger partial charge in [0.05, 0.1) is 11.8 Å². The third-order valence-electron chi connectivity index (χ3n) is 2.93. The van der Waals surface area contributed by atoms with Crippen molar-refractivity contribution in [3.8, 4) is 0 Å². The predicted octanol–water partition coefficient (Wildman–Crippen LogP) is 3.18. The minimum Gasteiger partial charge on any atom is -0.393 e. The molecule has 1 aromatic heterocycles. The van der Waals surface area contributed by atoms with Gasteiger partial charge in [0.15, 0.2) is 0 Å². The first-order valence-corrected chi connectivity index (χ1v) is 6.17. The molecule has 1 heterocycles. The number of nitrogens with zero attached hydrogens (tertiary/aromatic N) is 1. The van der Waals surface area contributed by atoms with E-state index in [9.17, 15) is 5.11 Å². The van der Waals surface area contributed by atoms with Gasteiger partial charge in [0.1, 0.15) is 0 Å². The van der Waals surface area contributed by atoms with Crippen molar-refractivity contribution >= 4 is 10.8 Å². The lowest BCUT2D eigenvalue weighted by atomic mass is 9.99. The van der Waals surface area contributed by atoms with Crippen molar-refractivity contribution in [2.75, 3.05) is 0 Å². The first-order valence-electron chi connectivity index (χ1n) is 6.17. The van der Waals surface area contributed by atoms with E-state index in [1.54, 1.807) is 0 Å². The summed E-state index contributed by atoms with van der Waals surface area (Å²) in [6.07, 6.45) is 2.98. The summed E-state index contributed by atoms with van der Waals surface area (Å²) in [7, 11) is 0. The highest BCUT2D eigenvalue weighted by Gasteiger charge is 2.10. The second-order valence-corrected chi connectivity index (χ2v) is 4.97. The van der Waals surface area contributed by atoms with Crippen molar-refractivity contribution in [3.63, 3.8) is 0 Å². The predicted molar refractivity (Wildman–Crippen MR) is 70.9 cm³/mol. The number of aromatic nitrogens is 1. The molecular weight excluding hydrogens is 210 g/mol. The summed E-state index contributed by atoms with van der Waals surface area (Å²) in [5, 5.41) is 12.3. The van der Waals surface area contributed by atoms with E-state index in [-0.39, 0.29) is 6.10 Å². The Hall–Kier alpha value is -1.41. The van der Waals surface area contributed by atoms with Gasteiger partial charge in [-0.3, -0.25) is 4.98 Å². The highest BCUT2D eigenvalue weighted by atomic mass is 16.3. The van der Waals surface area contributed by atoms with Gasteiger partial charge in [-0.25, -0.2) is 0 Å². The van der Waals surface area contributed by atoms with Crippen LogP contribution in [0.1, 0.15) is 26.0 Å². The van der Waals surface area contributed by atoms with E-state index in [0.29, 0.717) is 12.3 Å². The minimum absolute atomic E-state index is 0.298. The van der Waals surface area contributed by atoms with E-state index in [2.05, 4.69) is 31.0 Å². The van der Waals surface area contributed by atoms with Crippen molar-refractivity contribution in [1.29, 1.82) is 0 Å². The maximum absolute atomic E-state index is 9.99. The van der Waals surface area contributed by atoms with E-state index >= 15 is 0 Å². The number of benzene rings is 1. The Bertz CT molecular complexity index is 488. The lowest BCUT2D eigenvalue weighted by molar-refractivity contribution is 0.148. The number of aliphatic hydroxyl groups is 1. The van der Waals surface area contributed by atoms with Crippen molar-refractivity contribution in [2.45, 2.75) is 32.8 Å². The van der Waals surface area contributed by atoms with Crippen LogP contribution in [0.5, 0.6) is 0 Å². The molecule has 0 fully saturated rings. The molecule has 0 saturated carbocycles. The Kier molecular flexibility index (Phi) is 3.75. The molecule has 0 radical (unpaired) electrons. The average molecular weight is 229 g/mol. The highest BCUT2D eigenvalue weighted by Crippen LogP contribution is 2.19. The lowest BCUT2D eigenvalue weighted by Crippen LogP contribution is -2.14. The minimum atomic E-state index is -0.298. The maximum atomic E-state index is 9.99. The second-order valence-electron chi connectivity index (χ2n) is 4.97. The van der Waals surface area contributed by atoms with Crippen molar-refractivity contribution < 1.29 is 5.11 Å². The molecule has 90 valence electrons. The Labute approximate surface area is 102 Å². The Morgan fingerprint density at radius 1 is 1.18 bits per heavy atom. The van der Waals surface area contributed by atoms with Crippen LogP contribution in [0.15, 0.2) is 36.5 Å². The molecule has 2 nitrogen and oxygen atoms in total. The molecule has 0 bridgehead atoms. The molecule has 2 aromatic rings. The first kappa shape index (κ1) is 12.1. The zero-order chi connectivity index (χ0) is 12.3. The van der Waals surface area contributed by atoms with Crippen LogP contribution in [-0.4, -0.2) is 16.2 Å². The van der Waals surface area contributed by atoms with Gasteiger partial charge in [0.25, 0.3) is 0 Å². The van der Waals surface area contributed by atoms with Crippen LogP contribution in [0.3, 0.4) is 0 Å². The number of aliphatic hydroxyl groups excluding tert-OH is 1. The molecule has 0 aliphatic carbocycles. The smallest absolute Gasteiger partial charge is 0.0598 e. The lowest BCUT2D eigenvalue weighted by Gasteiger charge is -2.13. The van der Waals surface area contributed by atoms with E-state index in [1.807, 2.05) is 24.4 Å². The van der Waals surface area contributed by atoms with E-state index in [4.69, 9.17) is 0 Å². The molecule has 0 spiro atoms. The summed E-state index contributed by atoms with van der Waals surface area (Å²) >= 11 is 0. The number of hydrogen-bond donors (Lipinski definition) is 1. The summed E-state index contributed by atoms with van der Waals surface area (Å²) in [6, 6.07) is 10.2. The Balaban J connectivity index is 2.24. The summed E-state index contributed by atoms with van der Waals surface area (Å²) in [5.74, 6) is 0.514. The number of pyridine rings is 1. The van der Waals surface area contributed by atoms with Gasteiger partial charge in [0, 0.05) is 18.0 Å². The molecule has 1 atom stereocenters. The fourth-order valence-electron chi connectivity index (χ4n) is 2.20. The topological polar surface area (TPSA) is 33.1 Å². The zero-order valence-corrected chi connectivity index (χ0v) is 10.4.